The van der Waals surface area contributed by atoms with Gasteiger partial charge in [0.1, 0.15) is 5.82 Å². The molecule has 3 aromatic rings. The standard InChI is InChI=1S/C21H18FN3O3/c1-12-19(16-4-2-3-5-17(16)23-12)20(27)21(28)24-14-10-18(26)25(11-14)15-8-6-13(22)7-9-15/h2-9,14,23H,10-11H2,1H3,(H,24,28)/t14-/m1/s1. The molecule has 0 unspecified atom stereocenters. The lowest BCUT2D eigenvalue weighted by Gasteiger charge is -2.17. The molecule has 0 bridgehead atoms. The second-order valence-corrected chi connectivity index (χ2v) is 6.85. The van der Waals surface area contributed by atoms with Crippen molar-refractivity contribution in [3.63, 3.8) is 0 Å². The number of hydrogen-bond acceptors (Lipinski definition) is 3. The van der Waals surface area contributed by atoms with E-state index >= 15 is 0 Å². The summed E-state index contributed by atoms with van der Waals surface area (Å²) in [6, 6.07) is 12.4. The van der Waals surface area contributed by atoms with Gasteiger partial charge in [-0.15, -0.1) is 0 Å². The van der Waals surface area contributed by atoms with Crippen LogP contribution in [-0.2, 0) is 9.59 Å². The minimum atomic E-state index is -0.744. The minimum Gasteiger partial charge on any atom is -0.358 e. The predicted octanol–water partition coefficient (Wildman–Crippen LogP) is 2.72. The molecule has 0 radical (unpaired) electrons. The molecule has 0 aliphatic carbocycles. The summed E-state index contributed by atoms with van der Waals surface area (Å²) in [5, 5.41) is 3.35. The number of halogens is 1. The molecule has 2 heterocycles. The third-order valence-corrected chi connectivity index (χ3v) is 4.93. The second-order valence-electron chi connectivity index (χ2n) is 6.85. The van der Waals surface area contributed by atoms with Crippen LogP contribution in [0.5, 0.6) is 0 Å². The molecular formula is C21H18FN3O3. The van der Waals surface area contributed by atoms with E-state index in [9.17, 15) is 18.8 Å². The van der Waals surface area contributed by atoms with Gasteiger partial charge in [0.15, 0.2) is 0 Å². The number of anilines is 1. The Morgan fingerprint density at radius 3 is 2.61 bits per heavy atom. The van der Waals surface area contributed by atoms with Crippen LogP contribution < -0.4 is 10.2 Å². The molecule has 28 heavy (non-hydrogen) atoms. The van der Waals surface area contributed by atoms with Gasteiger partial charge >= 0.3 is 0 Å². The third kappa shape index (κ3) is 3.15. The van der Waals surface area contributed by atoms with Gasteiger partial charge in [-0.3, -0.25) is 14.4 Å². The van der Waals surface area contributed by atoms with E-state index in [1.807, 2.05) is 12.1 Å². The maximum atomic E-state index is 13.1. The van der Waals surface area contributed by atoms with Crippen LogP contribution in [0.4, 0.5) is 10.1 Å². The van der Waals surface area contributed by atoms with Crippen LogP contribution in [0.25, 0.3) is 10.9 Å². The normalized spacial score (nSPS) is 16.6. The Hall–Kier alpha value is -3.48. The average molecular weight is 379 g/mol. The summed E-state index contributed by atoms with van der Waals surface area (Å²) in [5.41, 5.74) is 2.31. The van der Waals surface area contributed by atoms with E-state index in [4.69, 9.17) is 0 Å². The number of fused-ring (bicyclic) bond motifs is 1. The summed E-state index contributed by atoms with van der Waals surface area (Å²) in [7, 11) is 0. The lowest BCUT2D eigenvalue weighted by molar-refractivity contribution is -0.118. The molecule has 4 rings (SSSR count). The number of aryl methyl sites for hydroxylation is 1. The van der Waals surface area contributed by atoms with Crippen molar-refractivity contribution in [3.05, 3.63) is 65.6 Å². The number of carbonyl (C=O) groups excluding carboxylic acids is 3. The Balaban J connectivity index is 1.49. The predicted molar refractivity (Wildman–Crippen MR) is 103 cm³/mol. The number of rotatable bonds is 4. The van der Waals surface area contributed by atoms with Crippen LogP contribution in [0.3, 0.4) is 0 Å². The van der Waals surface area contributed by atoms with Crippen molar-refractivity contribution in [2.45, 2.75) is 19.4 Å². The lowest BCUT2D eigenvalue weighted by Crippen LogP contribution is -2.41. The molecular weight excluding hydrogens is 361 g/mol. The highest BCUT2D eigenvalue weighted by atomic mass is 19.1. The van der Waals surface area contributed by atoms with Crippen LogP contribution in [0.15, 0.2) is 48.5 Å². The van der Waals surface area contributed by atoms with E-state index in [2.05, 4.69) is 10.3 Å². The van der Waals surface area contributed by atoms with Crippen molar-refractivity contribution in [2.75, 3.05) is 11.4 Å². The van der Waals surface area contributed by atoms with E-state index in [0.717, 1.165) is 5.52 Å². The largest absolute Gasteiger partial charge is 0.358 e. The Morgan fingerprint density at radius 2 is 1.86 bits per heavy atom. The number of aromatic amines is 1. The van der Waals surface area contributed by atoms with Crippen molar-refractivity contribution in [1.82, 2.24) is 10.3 Å². The van der Waals surface area contributed by atoms with E-state index in [0.29, 0.717) is 22.3 Å². The van der Waals surface area contributed by atoms with Crippen molar-refractivity contribution in [2.24, 2.45) is 0 Å². The molecule has 2 amide bonds. The lowest BCUT2D eigenvalue weighted by atomic mass is 10.1. The zero-order valence-electron chi connectivity index (χ0n) is 15.2. The number of benzene rings is 2. The fraction of sp³-hybridized carbons (Fsp3) is 0.190. The SMILES string of the molecule is Cc1[nH]c2ccccc2c1C(=O)C(=O)N[C@@H]1CC(=O)N(c2ccc(F)cc2)C1. The summed E-state index contributed by atoms with van der Waals surface area (Å²) in [6.45, 7) is 1.98. The minimum absolute atomic E-state index is 0.0866. The maximum absolute atomic E-state index is 13.1. The highest BCUT2D eigenvalue weighted by molar-refractivity contribution is 6.45. The Bertz CT molecular complexity index is 1090. The van der Waals surface area contributed by atoms with E-state index in [1.54, 1.807) is 19.1 Å². The Labute approximate surface area is 160 Å². The van der Waals surface area contributed by atoms with Gasteiger partial charge in [-0.2, -0.15) is 0 Å². The number of nitrogens with one attached hydrogen (secondary N) is 2. The second kappa shape index (κ2) is 6.92. The Morgan fingerprint density at radius 1 is 1.14 bits per heavy atom. The molecule has 1 saturated heterocycles. The van der Waals surface area contributed by atoms with Crippen LogP contribution >= 0.6 is 0 Å². The summed E-state index contributed by atoms with van der Waals surface area (Å²) >= 11 is 0. The van der Waals surface area contributed by atoms with Gasteiger partial charge in [0.05, 0.1) is 11.6 Å². The fourth-order valence-electron chi connectivity index (χ4n) is 3.61. The van der Waals surface area contributed by atoms with Crippen molar-refractivity contribution >= 4 is 34.2 Å². The molecule has 1 aromatic heterocycles. The number of amides is 2. The first-order valence-corrected chi connectivity index (χ1v) is 8.92. The molecule has 6 nitrogen and oxygen atoms in total. The highest BCUT2D eigenvalue weighted by Gasteiger charge is 2.33. The molecule has 142 valence electrons. The van der Waals surface area contributed by atoms with Gasteiger partial charge < -0.3 is 15.2 Å². The van der Waals surface area contributed by atoms with Gasteiger partial charge in [0.2, 0.25) is 5.91 Å². The number of carbonyl (C=O) groups is 3. The summed E-state index contributed by atoms with van der Waals surface area (Å²) in [6.07, 6.45) is 0.0866. The first-order valence-electron chi connectivity index (χ1n) is 8.92. The number of H-pyrrole nitrogens is 1. The van der Waals surface area contributed by atoms with Crippen LogP contribution in [0.1, 0.15) is 22.5 Å². The van der Waals surface area contributed by atoms with E-state index in [-0.39, 0.29) is 24.7 Å². The van der Waals surface area contributed by atoms with Gasteiger partial charge in [0, 0.05) is 35.2 Å². The van der Waals surface area contributed by atoms with Gasteiger partial charge in [0.25, 0.3) is 11.7 Å². The molecule has 1 fully saturated rings. The van der Waals surface area contributed by atoms with Crippen molar-refractivity contribution in [1.29, 1.82) is 0 Å². The first-order chi connectivity index (χ1) is 13.4. The summed E-state index contributed by atoms with van der Waals surface area (Å²) in [5.74, 6) is -1.96. The average Bonchev–Trinajstić information content (AvgIpc) is 3.20. The monoisotopic (exact) mass is 379 g/mol. The van der Waals surface area contributed by atoms with Gasteiger partial charge in [-0.05, 0) is 37.3 Å². The number of ketones is 1. The van der Waals surface area contributed by atoms with Crippen LogP contribution in [0.2, 0.25) is 0 Å². The van der Waals surface area contributed by atoms with Gasteiger partial charge in [-0.1, -0.05) is 18.2 Å². The van der Waals surface area contributed by atoms with E-state index < -0.39 is 17.7 Å². The molecule has 7 heteroatoms. The van der Waals surface area contributed by atoms with Crippen molar-refractivity contribution < 1.29 is 18.8 Å². The fourth-order valence-corrected chi connectivity index (χ4v) is 3.61. The number of Topliss-reactive ketones (excluding diaryl/α,β-unsaturated/α-hetero) is 1. The molecule has 1 aliphatic rings. The molecule has 2 N–H and O–H groups in total. The van der Waals surface area contributed by atoms with Crippen LogP contribution in [0, 0.1) is 12.7 Å². The number of para-hydroxylation sites is 1. The number of hydrogen-bond donors (Lipinski definition) is 2. The molecule has 2 aromatic carbocycles. The topological polar surface area (TPSA) is 82.3 Å². The molecule has 1 atom stereocenters. The maximum Gasteiger partial charge on any atom is 0.292 e. The summed E-state index contributed by atoms with van der Waals surface area (Å²) < 4.78 is 13.1. The number of nitrogens with zero attached hydrogens (tertiary/aromatic N) is 1. The van der Waals surface area contributed by atoms with Crippen LogP contribution in [-0.4, -0.2) is 35.2 Å². The zero-order chi connectivity index (χ0) is 19.8. The molecule has 1 aliphatic heterocycles. The number of aromatic nitrogens is 1. The smallest absolute Gasteiger partial charge is 0.292 e. The first kappa shape index (κ1) is 17.9. The Kier molecular flexibility index (Phi) is 4.43. The molecule has 0 spiro atoms. The summed E-state index contributed by atoms with van der Waals surface area (Å²) in [4.78, 5) is 42.1. The molecule has 0 saturated carbocycles. The quantitative estimate of drug-likeness (QED) is 0.540. The van der Waals surface area contributed by atoms with Gasteiger partial charge in [-0.25, -0.2) is 4.39 Å². The zero-order valence-corrected chi connectivity index (χ0v) is 15.2. The highest BCUT2D eigenvalue weighted by Crippen LogP contribution is 2.24. The van der Waals surface area contributed by atoms with E-state index in [1.165, 1.54) is 29.2 Å². The third-order valence-electron chi connectivity index (χ3n) is 4.93. The van der Waals surface area contributed by atoms with Crippen molar-refractivity contribution in [3.8, 4) is 0 Å².